The molecule has 0 radical (unpaired) electrons. The molecule has 1 saturated heterocycles. The Kier molecular flexibility index (Phi) is 3.15. The Morgan fingerprint density at radius 3 is 3.12 bits per heavy atom. The molecule has 0 aromatic carbocycles. The normalized spacial score (nSPS) is 16.0. The fourth-order valence-electron chi connectivity index (χ4n) is 1.60. The van der Waals surface area contributed by atoms with Gasteiger partial charge in [0.05, 0.1) is 12.0 Å². The Bertz CT molecular complexity index is 465. The van der Waals surface area contributed by atoms with E-state index in [0.29, 0.717) is 11.7 Å². The van der Waals surface area contributed by atoms with Crippen LogP contribution in [0.4, 0.5) is 0 Å². The smallest absolute Gasteiger partial charge is 0.293 e. The lowest BCUT2D eigenvalue weighted by atomic mass is 10.1. The third kappa shape index (κ3) is 2.53. The van der Waals surface area contributed by atoms with Crippen molar-refractivity contribution in [3.8, 4) is 11.7 Å². The Balaban J connectivity index is 1.53. The van der Waals surface area contributed by atoms with Crippen molar-refractivity contribution in [3.63, 3.8) is 0 Å². The van der Waals surface area contributed by atoms with Crippen LogP contribution in [-0.4, -0.2) is 29.0 Å². The van der Waals surface area contributed by atoms with Gasteiger partial charge in [0.2, 0.25) is 0 Å². The molecule has 1 aliphatic heterocycles. The molecule has 0 amide bonds. The topological polar surface area (TPSA) is 64.1 Å². The van der Waals surface area contributed by atoms with Crippen molar-refractivity contribution in [1.82, 2.24) is 15.5 Å². The Hall–Kier alpha value is -1.27. The average molecular weight is 251 g/mol. The summed E-state index contributed by atoms with van der Waals surface area (Å²) < 4.78 is 10.3. The van der Waals surface area contributed by atoms with Crippen LogP contribution in [0.3, 0.4) is 0 Å². The van der Waals surface area contributed by atoms with E-state index in [9.17, 15) is 0 Å². The molecule has 0 unspecified atom stereocenters. The third-order valence-electron chi connectivity index (χ3n) is 2.65. The SMILES string of the molecule is c1coc(-c2nc(CSCC3CNC3)no2)c1. The van der Waals surface area contributed by atoms with Gasteiger partial charge >= 0.3 is 0 Å². The lowest BCUT2D eigenvalue weighted by Crippen LogP contribution is -2.43. The lowest BCUT2D eigenvalue weighted by Gasteiger charge is -2.26. The molecule has 0 saturated carbocycles. The van der Waals surface area contributed by atoms with E-state index < -0.39 is 0 Å². The Labute approximate surface area is 103 Å². The van der Waals surface area contributed by atoms with Crippen molar-refractivity contribution in [1.29, 1.82) is 0 Å². The minimum absolute atomic E-state index is 0.455. The summed E-state index contributed by atoms with van der Waals surface area (Å²) in [6.07, 6.45) is 1.59. The van der Waals surface area contributed by atoms with Crippen LogP contribution in [0.25, 0.3) is 11.7 Å². The van der Waals surface area contributed by atoms with Crippen LogP contribution in [0, 0.1) is 5.92 Å². The van der Waals surface area contributed by atoms with Crippen molar-refractivity contribution in [2.24, 2.45) is 5.92 Å². The Morgan fingerprint density at radius 1 is 1.47 bits per heavy atom. The molecule has 0 spiro atoms. The molecule has 3 rings (SSSR count). The first kappa shape index (κ1) is 10.9. The van der Waals surface area contributed by atoms with Gasteiger partial charge in [-0.15, -0.1) is 0 Å². The largest absolute Gasteiger partial charge is 0.459 e. The fourth-order valence-corrected chi connectivity index (χ4v) is 2.58. The maximum absolute atomic E-state index is 5.19. The summed E-state index contributed by atoms with van der Waals surface area (Å²) in [4.78, 5) is 4.29. The zero-order valence-electron chi connectivity index (χ0n) is 9.26. The van der Waals surface area contributed by atoms with Crippen molar-refractivity contribution in [3.05, 3.63) is 24.2 Å². The van der Waals surface area contributed by atoms with Crippen molar-refractivity contribution >= 4 is 11.8 Å². The summed E-state index contributed by atoms with van der Waals surface area (Å²) in [6.45, 7) is 2.27. The average Bonchev–Trinajstić information content (AvgIpc) is 2.91. The summed E-state index contributed by atoms with van der Waals surface area (Å²) in [6, 6.07) is 3.61. The first-order valence-corrected chi connectivity index (χ1v) is 6.72. The van der Waals surface area contributed by atoms with E-state index in [-0.39, 0.29) is 0 Å². The van der Waals surface area contributed by atoms with E-state index in [4.69, 9.17) is 8.94 Å². The highest BCUT2D eigenvalue weighted by Crippen LogP contribution is 2.20. The number of thioether (sulfide) groups is 1. The second-order valence-electron chi connectivity index (χ2n) is 4.03. The summed E-state index contributed by atoms with van der Waals surface area (Å²) in [5.41, 5.74) is 0. The first-order valence-electron chi connectivity index (χ1n) is 5.57. The maximum atomic E-state index is 5.19. The number of hydrogen-bond acceptors (Lipinski definition) is 6. The zero-order chi connectivity index (χ0) is 11.5. The standard InChI is InChI=1S/C11H13N3O2S/c1-2-9(15-3-1)11-13-10(14-16-11)7-17-6-8-4-12-5-8/h1-3,8,12H,4-7H2. The van der Waals surface area contributed by atoms with Crippen LogP contribution in [-0.2, 0) is 5.75 Å². The second-order valence-corrected chi connectivity index (χ2v) is 5.06. The molecule has 2 aromatic rings. The first-order chi connectivity index (χ1) is 8.42. The van der Waals surface area contributed by atoms with Crippen LogP contribution in [0.15, 0.2) is 27.3 Å². The molecule has 1 N–H and O–H groups in total. The molecule has 0 aliphatic carbocycles. The van der Waals surface area contributed by atoms with Gasteiger partial charge in [-0.2, -0.15) is 16.7 Å². The molecule has 17 heavy (non-hydrogen) atoms. The van der Waals surface area contributed by atoms with Gasteiger partial charge in [-0.1, -0.05) is 5.16 Å². The summed E-state index contributed by atoms with van der Waals surface area (Å²) in [7, 11) is 0. The zero-order valence-corrected chi connectivity index (χ0v) is 10.1. The molecule has 0 atom stereocenters. The van der Waals surface area contributed by atoms with Gasteiger partial charge in [-0.05, 0) is 36.9 Å². The lowest BCUT2D eigenvalue weighted by molar-refractivity contribution is 0.385. The monoisotopic (exact) mass is 251 g/mol. The fraction of sp³-hybridized carbons (Fsp3) is 0.455. The minimum Gasteiger partial charge on any atom is -0.459 e. The quantitative estimate of drug-likeness (QED) is 0.874. The van der Waals surface area contributed by atoms with Crippen LogP contribution >= 0.6 is 11.8 Å². The number of nitrogens with zero attached hydrogens (tertiary/aromatic N) is 2. The van der Waals surface area contributed by atoms with Crippen LogP contribution in [0.2, 0.25) is 0 Å². The number of aromatic nitrogens is 2. The van der Waals surface area contributed by atoms with E-state index in [1.807, 2.05) is 17.8 Å². The van der Waals surface area contributed by atoms with Crippen LogP contribution in [0.1, 0.15) is 5.82 Å². The van der Waals surface area contributed by atoms with Crippen molar-refractivity contribution < 1.29 is 8.94 Å². The minimum atomic E-state index is 0.455. The highest BCUT2D eigenvalue weighted by atomic mass is 32.2. The van der Waals surface area contributed by atoms with E-state index in [0.717, 1.165) is 36.3 Å². The van der Waals surface area contributed by atoms with E-state index in [1.54, 1.807) is 12.3 Å². The number of furan rings is 1. The second kappa shape index (κ2) is 4.93. The van der Waals surface area contributed by atoms with Crippen molar-refractivity contribution in [2.75, 3.05) is 18.8 Å². The maximum Gasteiger partial charge on any atom is 0.293 e. The van der Waals surface area contributed by atoms with Gasteiger partial charge in [0.1, 0.15) is 0 Å². The number of hydrogen-bond donors (Lipinski definition) is 1. The molecule has 5 nitrogen and oxygen atoms in total. The summed E-state index contributed by atoms with van der Waals surface area (Å²) in [5.74, 6) is 4.55. The molecule has 2 aromatic heterocycles. The summed E-state index contributed by atoms with van der Waals surface area (Å²) >= 11 is 1.85. The van der Waals surface area contributed by atoms with Gasteiger partial charge in [0.15, 0.2) is 11.6 Å². The molecule has 1 aliphatic rings. The molecular weight excluding hydrogens is 238 g/mol. The van der Waals surface area contributed by atoms with E-state index >= 15 is 0 Å². The molecule has 3 heterocycles. The molecule has 6 heteroatoms. The highest BCUT2D eigenvalue weighted by Gasteiger charge is 2.17. The van der Waals surface area contributed by atoms with E-state index in [1.165, 1.54) is 0 Å². The molecule has 0 bridgehead atoms. The molecule has 1 fully saturated rings. The van der Waals surface area contributed by atoms with Crippen molar-refractivity contribution in [2.45, 2.75) is 5.75 Å². The van der Waals surface area contributed by atoms with Gasteiger partial charge in [-0.3, -0.25) is 0 Å². The van der Waals surface area contributed by atoms with Crippen LogP contribution in [0.5, 0.6) is 0 Å². The predicted octanol–water partition coefficient (Wildman–Crippen LogP) is 1.78. The third-order valence-corrected chi connectivity index (χ3v) is 3.82. The predicted molar refractivity (Wildman–Crippen MR) is 64.5 cm³/mol. The van der Waals surface area contributed by atoms with Gasteiger partial charge in [0, 0.05) is 0 Å². The number of rotatable bonds is 5. The van der Waals surface area contributed by atoms with Gasteiger partial charge in [-0.25, -0.2) is 0 Å². The van der Waals surface area contributed by atoms with Crippen LogP contribution < -0.4 is 5.32 Å². The molecular formula is C11H13N3O2S. The molecule has 90 valence electrons. The van der Waals surface area contributed by atoms with E-state index in [2.05, 4.69) is 15.5 Å². The summed E-state index contributed by atoms with van der Waals surface area (Å²) in [5, 5.41) is 7.19. The highest BCUT2D eigenvalue weighted by molar-refractivity contribution is 7.98. The van der Waals surface area contributed by atoms with Gasteiger partial charge in [0.25, 0.3) is 5.89 Å². The number of nitrogens with one attached hydrogen (secondary N) is 1. The Morgan fingerprint density at radius 2 is 2.41 bits per heavy atom. The van der Waals surface area contributed by atoms with Gasteiger partial charge < -0.3 is 14.3 Å².